The summed E-state index contributed by atoms with van der Waals surface area (Å²) in [4.78, 5) is 20.7. The molecule has 1 aromatic carbocycles. The van der Waals surface area contributed by atoms with Gasteiger partial charge in [-0.3, -0.25) is 0 Å². The average molecular weight is 180 g/mol. The monoisotopic (exact) mass is 180 g/mol. The summed E-state index contributed by atoms with van der Waals surface area (Å²) in [5.41, 5.74) is 0.167. The topological polar surface area (TPSA) is 74.6 Å². The van der Waals surface area contributed by atoms with E-state index in [9.17, 15) is 9.59 Å². The maximum absolute atomic E-state index is 10.3. The van der Waals surface area contributed by atoms with E-state index in [0.717, 1.165) is 0 Å². The van der Waals surface area contributed by atoms with Crippen molar-refractivity contribution in [2.45, 2.75) is 0 Å². The van der Waals surface area contributed by atoms with Gasteiger partial charge >= 0.3 is 11.9 Å². The first-order chi connectivity index (χ1) is 5.61. The van der Waals surface area contributed by atoms with Crippen LogP contribution in [-0.4, -0.2) is 30.6 Å². The van der Waals surface area contributed by atoms with E-state index in [1.54, 1.807) is 0 Å². The lowest BCUT2D eigenvalue weighted by Crippen LogP contribution is -1.99. The summed E-state index contributed by atoms with van der Waals surface area (Å²) in [5.74, 6) is -2.13. The third-order valence-electron chi connectivity index (χ3n) is 1.38. The molecule has 0 aliphatic heterocycles. The predicted octanol–water partition coefficient (Wildman–Crippen LogP) is -0.101. The molecule has 0 bridgehead atoms. The molecule has 0 unspecified atom stereocenters. The van der Waals surface area contributed by atoms with Gasteiger partial charge in [0.25, 0.3) is 0 Å². The normalized spacial score (nSPS) is 8.62. The molecule has 5 heteroatoms. The molecule has 0 spiro atoms. The van der Waals surface area contributed by atoms with Crippen molar-refractivity contribution in [3.8, 4) is 0 Å². The molecule has 0 saturated carbocycles. The maximum Gasteiger partial charge on any atom is 0.335 e. The summed E-state index contributed by atoms with van der Waals surface area (Å²) in [6, 6.07) is 5.02. The molecule has 0 saturated heterocycles. The van der Waals surface area contributed by atoms with Crippen LogP contribution >= 0.6 is 0 Å². The van der Waals surface area contributed by atoms with Crippen molar-refractivity contribution in [1.82, 2.24) is 0 Å². The Bertz CT molecular complexity index is 284. The Hall–Kier alpha value is -1.78. The minimum absolute atomic E-state index is 0. The summed E-state index contributed by atoms with van der Waals surface area (Å²) in [6.45, 7) is 0. The molecule has 0 atom stereocenters. The van der Waals surface area contributed by atoms with Crippen molar-refractivity contribution in [1.29, 1.82) is 0 Å². The SMILES string of the molecule is B.O=C(O)c1ccc(C(=O)O)cc1. The van der Waals surface area contributed by atoms with Gasteiger partial charge in [-0.2, -0.15) is 0 Å². The molecule has 0 radical (unpaired) electrons. The average Bonchev–Trinajstić information content (AvgIpc) is 2.04. The molecule has 0 aliphatic carbocycles. The van der Waals surface area contributed by atoms with E-state index in [4.69, 9.17) is 10.2 Å². The molecular formula is C8H9BO4. The van der Waals surface area contributed by atoms with Gasteiger partial charge in [0.05, 0.1) is 19.5 Å². The number of benzene rings is 1. The Labute approximate surface area is 76.4 Å². The van der Waals surface area contributed by atoms with Crippen LogP contribution in [0, 0.1) is 0 Å². The lowest BCUT2D eigenvalue weighted by Gasteiger charge is -1.94. The maximum atomic E-state index is 10.3. The van der Waals surface area contributed by atoms with Crippen LogP contribution < -0.4 is 0 Å². The fourth-order valence-electron chi connectivity index (χ4n) is 0.755. The number of carboxylic acids is 2. The second-order valence-electron chi connectivity index (χ2n) is 2.19. The van der Waals surface area contributed by atoms with Gasteiger partial charge in [-0.1, -0.05) is 0 Å². The highest BCUT2D eigenvalue weighted by atomic mass is 16.4. The first-order valence-corrected chi connectivity index (χ1v) is 3.18. The van der Waals surface area contributed by atoms with Gasteiger partial charge in [-0.15, -0.1) is 0 Å². The van der Waals surface area contributed by atoms with Crippen LogP contribution in [0.5, 0.6) is 0 Å². The van der Waals surface area contributed by atoms with Crippen LogP contribution in [-0.2, 0) is 0 Å². The Morgan fingerprint density at radius 2 is 1.08 bits per heavy atom. The van der Waals surface area contributed by atoms with Gasteiger partial charge in [0.15, 0.2) is 0 Å². The number of carbonyl (C=O) groups is 2. The predicted molar refractivity (Wildman–Crippen MR) is 50.3 cm³/mol. The van der Waals surface area contributed by atoms with Gasteiger partial charge in [0.1, 0.15) is 0 Å². The zero-order valence-corrected chi connectivity index (χ0v) is 6.02. The lowest BCUT2D eigenvalue weighted by atomic mass is 10.1. The van der Waals surface area contributed by atoms with Crippen molar-refractivity contribution in [3.05, 3.63) is 35.4 Å². The third-order valence-corrected chi connectivity index (χ3v) is 1.38. The van der Waals surface area contributed by atoms with Gasteiger partial charge in [-0.25, -0.2) is 9.59 Å². The van der Waals surface area contributed by atoms with Gasteiger partial charge in [0.2, 0.25) is 0 Å². The first-order valence-electron chi connectivity index (χ1n) is 3.18. The molecule has 0 aliphatic rings. The molecular weight excluding hydrogens is 171 g/mol. The van der Waals surface area contributed by atoms with E-state index in [-0.39, 0.29) is 19.5 Å². The van der Waals surface area contributed by atoms with Crippen molar-refractivity contribution in [3.63, 3.8) is 0 Å². The number of carboxylic acid groups (broad SMARTS) is 2. The third kappa shape index (κ3) is 2.63. The van der Waals surface area contributed by atoms with E-state index < -0.39 is 11.9 Å². The van der Waals surface area contributed by atoms with Crippen LogP contribution in [0.4, 0.5) is 0 Å². The Morgan fingerprint density at radius 1 is 0.846 bits per heavy atom. The number of aromatic carboxylic acids is 2. The van der Waals surface area contributed by atoms with E-state index in [1.165, 1.54) is 24.3 Å². The van der Waals surface area contributed by atoms with Crippen molar-refractivity contribution in [2.75, 3.05) is 0 Å². The molecule has 1 rings (SSSR count). The summed E-state index contributed by atoms with van der Waals surface area (Å²) >= 11 is 0. The molecule has 0 fully saturated rings. The highest BCUT2D eigenvalue weighted by Gasteiger charge is 2.04. The van der Waals surface area contributed by atoms with E-state index in [0.29, 0.717) is 0 Å². The summed E-state index contributed by atoms with van der Waals surface area (Å²) < 4.78 is 0. The molecule has 2 N–H and O–H groups in total. The quantitative estimate of drug-likeness (QED) is 0.623. The Balaban J connectivity index is 0.00000144. The number of hydrogen-bond donors (Lipinski definition) is 2. The van der Waals surface area contributed by atoms with Crippen LogP contribution in [0.2, 0.25) is 0 Å². The summed E-state index contributed by atoms with van der Waals surface area (Å²) in [6.07, 6.45) is 0. The summed E-state index contributed by atoms with van der Waals surface area (Å²) in [5, 5.41) is 16.9. The largest absolute Gasteiger partial charge is 0.478 e. The van der Waals surface area contributed by atoms with Gasteiger partial charge < -0.3 is 10.2 Å². The Morgan fingerprint density at radius 3 is 1.23 bits per heavy atom. The van der Waals surface area contributed by atoms with Gasteiger partial charge in [-0.05, 0) is 24.3 Å². The fourth-order valence-corrected chi connectivity index (χ4v) is 0.755. The fraction of sp³-hybridized carbons (Fsp3) is 0. The van der Waals surface area contributed by atoms with Crippen molar-refractivity contribution in [2.24, 2.45) is 0 Å². The zero-order valence-electron chi connectivity index (χ0n) is 6.02. The zero-order chi connectivity index (χ0) is 9.14. The van der Waals surface area contributed by atoms with Crippen LogP contribution in [0.1, 0.15) is 20.7 Å². The van der Waals surface area contributed by atoms with Gasteiger partial charge in [0, 0.05) is 0 Å². The highest BCUT2D eigenvalue weighted by Crippen LogP contribution is 2.03. The van der Waals surface area contributed by atoms with E-state index in [2.05, 4.69) is 0 Å². The van der Waals surface area contributed by atoms with E-state index >= 15 is 0 Å². The van der Waals surface area contributed by atoms with Crippen LogP contribution in [0.15, 0.2) is 24.3 Å². The standard InChI is InChI=1S/C8H6O4.BH3/c9-7(10)5-1-2-6(4-3-5)8(11)12;/h1-4H,(H,9,10)(H,11,12);1H3. The van der Waals surface area contributed by atoms with Crippen LogP contribution in [0.25, 0.3) is 0 Å². The second-order valence-corrected chi connectivity index (χ2v) is 2.19. The highest BCUT2D eigenvalue weighted by molar-refractivity contribution is 5.91. The molecule has 4 nitrogen and oxygen atoms in total. The molecule has 68 valence electrons. The second kappa shape index (κ2) is 4.30. The molecule has 1 aromatic rings. The van der Waals surface area contributed by atoms with Crippen molar-refractivity contribution >= 4 is 20.4 Å². The van der Waals surface area contributed by atoms with Crippen molar-refractivity contribution < 1.29 is 19.8 Å². The molecule has 13 heavy (non-hydrogen) atoms. The molecule has 0 amide bonds. The Kier molecular flexibility index (Phi) is 3.71. The van der Waals surface area contributed by atoms with E-state index in [1.807, 2.05) is 0 Å². The number of hydrogen-bond acceptors (Lipinski definition) is 2. The minimum atomic E-state index is -1.06. The smallest absolute Gasteiger partial charge is 0.335 e. The summed E-state index contributed by atoms with van der Waals surface area (Å²) in [7, 11) is 0. The lowest BCUT2D eigenvalue weighted by molar-refractivity contribution is 0.0681. The molecule has 0 heterocycles. The van der Waals surface area contributed by atoms with Crippen LogP contribution in [0.3, 0.4) is 0 Å². The molecule has 0 aromatic heterocycles. The first kappa shape index (κ1) is 11.2. The number of rotatable bonds is 2. The minimum Gasteiger partial charge on any atom is -0.478 e.